The molecule has 11 heteroatoms. The van der Waals surface area contributed by atoms with Crippen LogP contribution in [0.5, 0.6) is 11.5 Å². The minimum absolute atomic E-state index is 0.145. The Labute approximate surface area is 231 Å². The molecule has 1 aliphatic rings. The molecule has 0 bridgehead atoms. The predicted molar refractivity (Wildman–Crippen MR) is 148 cm³/mol. The maximum absolute atomic E-state index is 6.16. The minimum Gasteiger partial charge on any atom is -0.493 e. The number of piperidine rings is 1. The van der Waals surface area contributed by atoms with E-state index in [9.17, 15) is 0 Å². The molecule has 0 spiro atoms. The van der Waals surface area contributed by atoms with Crippen LogP contribution in [-0.2, 0) is 6.61 Å². The molecule has 1 N–H and O–H groups in total. The number of nitrogens with zero attached hydrogens (tertiary/aromatic N) is 5. The van der Waals surface area contributed by atoms with Crippen molar-refractivity contribution in [3.05, 3.63) is 58.4 Å². The molecule has 200 valence electrons. The van der Waals surface area contributed by atoms with Crippen LogP contribution in [0.3, 0.4) is 0 Å². The number of nitrogens with one attached hydrogen (secondary N) is 1. The van der Waals surface area contributed by atoms with Crippen molar-refractivity contribution in [2.45, 2.75) is 51.7 Å². The Hall–Kier alpha value is -3.14. The molecular weight excluding hydrogens is 527 g/mol. The third-order valence-electron chi connectivity index (χ3n) is 6.74. The zero-order valence-electron chi connectivity index (χ0n) is 21.8. The first kappa shape index (κ1) is 26.5. The van der Waals surface area contributed by atoms with Gasteiger partial charge in [0.15, 0.2) is 18.1 Å². The summed E-state index contributed by atoms with van der Waals surface area (Å²) in [6.45, 7) is 8.91. The normalized spacial score (nSPS) is 15.1. The molecule has 3 heterocycles. The van der Waals surface area contributed by atoms with E-state index in [0.717, 1.165) is 37.0 Å². The molecule has 1 saturated heterocycles. The van der Waals surface area contributed by atoms with Crippen molar-refractivity contribution in [3.8, 4) is 11.5 Å². The monoisotopic (exact) mass is 556 g/mol. The van der Waals surface area contributed by atoms with Crippen LogP contribution in [-0.4, -0.2) is 50.7 Å². The number of hydrogen-bond acceptors (Lipinski definition) is 9. The van der Waals surface area contributed by atoms with Gasteiger partial charge in [0.05, 0.1) is 22.7 Å². The molecule has 0 saturated carbocycles. The van der Waals surface area contributed by atoms with Crippen LogP contribution in [0.2, 0.25) is 10.0 Å². The Bertz CT molecular complexity index is 1430. The molecule has 2 aromatic carbocycles. The molecule has 0 amide bonds. The highest BCUT2D eigenvalue weighted by Crippen LogP contribution is 2.36. The maximum atomic E-state index is 6.16. The average Bonchev–Trinajstić information content (AvgIpc) is 3.38. The zero-order valence-corrected chi connectivity index (χ0v) is 23.3. The lowest BCUT2D eigenvalue weighted by Gasteiger charge is -2.40. The summed E-state index contributed by atoms with van der Waals surface area (Å²) >= 11 is 12.2. The van der Waals surface area contributed by atoms with E-state index in [-0.39, 0.29) is 18.1 Å². The van der Waals surface area contributed by atoms with Gasteiger partial charge < -0.3 is 19.3 Å². The van der Waals surface area contributed by atoms with Crippen molar-refractivity contribution in [1.82, 2.24) is 25.0 Å². The maximum Gasteiger partial charge on any atom is 0.229 e. The van der Waals surface area contributed by atoms with Gasteiger partial charge in [0.25, 0.3) is 0 Å². The summed E-state index contributed by atoms with van der Waals surface area (Å²) in [5.74, 6) is 3.08. The second-order valence-electron chi connectivity index (χ2n) is 10.3. The second kappa shape index (κ2) is 10.9. The van der Waals surface area contributed by atoms with Crippen LogP contribution in [0.4, 0.5) is 11.5 Å². The van der Waals surface area contributed by atoms with E-state index < -0.39 is 0 Å². The van der Waals surface area contributed by atoms with Crippen LogP contribution in [0.1, 0.15) is 51.2 Å². The van der Waals surface area contributed by atoms with Crippen molar-refractivity contribution in [2.75, 3.05) is 25.5 Å². The van der Waals surface area contributed by atoms with Gasteiger partial charge in [-0.15, -0.1) is 0 Å². The van der Waals surface area contributed by atoms with E-state index in [1.54, 1.807) is 25.3 Å². The zero-order chi connectivity index (χ0) is 26.9. The quantitative estimate of drug-likeness (QED) is 0.269. The highest BCUT2D eigenvalue weighted by Gasteiger charge is 2.30. The van der Waals surface area contributed by atoms with Crippen molar-refractivity contribution < 1.29 is 14.0 Å². The number of methoxy groups -OCH3 is 1. The number of aromatic nitrogens is 4. The molecule has 2 aromatic heterocycles. The number of ether oxygens (including phenoxy) is 2. The fraction of sp³-hybridized carbons (Fsp3) is 0.407. The lowest BCUT2D eigenvalue weighted by molar-refractivity contribution is 0.0961. The largest absolute Gasteiger partial charge is 0.493 e. The highest BCUT2D eigenvalue weighted by atomic mass is 35.5. The number of fused-ring (bicyclic) bond motifs is 1. The minimum atomic E-state index is 0.145. The average molecular weight is 557 g/mol. The molecular formula is C27H30Cl2N6O3. The van der Waals surface area contributed by atoms with Crippen LogP contribution in [0, 0.1) is 0 Å². The molecule has 0 unspecified atom stereocenters. The summed E-state index contributed by atoms with van der Waals surface area (Å²) in [5.41, 5.74) is 1.59. The number of halogens is 2. The molecule has 4 aromatic rings. The van der Waals surface area contributed by atoms with Gasteiger partial charge in [0.1, 0.15) is 12.1 Å². The summed E-state index contributed by atoms with van der Waals surface area (Å²) in [4.78, 5) is 15.9. The van der Waals surface area contributed by atoms with Gasteiger partial charge in [-0.1, -0.05) is 28.4 Å². The standard InChI is InChI=1S/C27H30Cl2N6O3/c1-27(2,3)35-9-7-16(8-10-35)26-33-24(34-38-26)14-37-23-13-21-18(12-22(23)36-4)25(31-15-30-21)32-17-5-6-19(28)20(29)11-17/h5-6,11-13,15-16H,7-10,14H2,1-4H3,(H,30,31,32). The molecule has 38 heavy (non-hydrogen) atoms. The van der Waals surface area contributed by atoms with Gasteiger partial charge in [-0.2, -0.15) is 4.98 Å². The Morgan fingerprint density at radius 3 is 2.55 bits per heavy atom. The van der Waals surface area contributed by atoms with Crippen LogP contribution >= 0.6 is 23.2 Å². The highest BCUT2D eigenvalue weighted by molar-refractivity contribution is 6.42. The predicted octanol–water partition coefficient (Wildman–Crippen LogP) is 6.63. The van der Waals surface area contributed by atoms with Gasteiger partial charge in [-0.3, -0.25) is 4.90 Å². The Morgan fingerprint density at radius 2 is 1.84 bits per heavy atom. The van der Waals surface area contributed by atoms with E-state index in [4.69, 9.17) is 37.2 Å². The van der Waals surface area contributed by atoms with E-state index >= 15 is 0 Å². The Kier molecular flexibility index (Phi) is 7.61. The third kappa shape index (κ3) is 5.80. The Balaban J connectivity index is 1.29. The summed E-state index contributed by atoms with van der Waals surface area (Å²) in [5, 5.41) is 9.09. The number of benzene rings is 2. The first-order valence-electron chi connectivity index (χ1n) is 12.5. The Morgan fingerprint density at radius 1 is 1.05 bits per heavy atom. The number of anilines is 2. The summed E-state index contributed by atoms with van der Waals surface area (Å²) in [6, 6.07) is 8.91. The van der Waals surface area contributed by atoms with Crippen molar-refractivity contribution in [3.63, 3.8) is 0 Å². The topological polar surface area (TPSA) is 98.4 Å². The van der Waals surface area contributed by atoms with E-state index in [2.05, 4.69) is 51.1 Å². The molecule has 0 aliphatic carbocycles. The molecule has 9 nitrogen and oxygen atoms in total. The van der Waals surface area contributed by atoms with Crippen LogP contribution < -0.4 is 14.8 Å². The first-order chi connectivity index (χ1) is 18.2. The first-order valence-corrected chi connectivity index (χ1v) is 13.2. The van der Waals surface area contributed by atoms with Crippen LogP contribution in [0.15, 0.2) is 41.2 Å². The molecule has 0 atom stereocenters. The third-order valence-corrected chi connectivity index (χ3v) is 7.48. The fourth-order valence-electron chi connectivity index (χ4n) is 4.58. The van der Waals surface area contributed by atoms with E-state index in [1.165, 1.54) is 6.33 Å². The van der Waals surface area contributed by atoms with Crippen molar-refractivity contribution in [2.24, 2.45) is 0 Å². The van der Waals surface area contributed by atoms with Gasteiger partial charge in [-0.25, -0.2) is 9.97 Å². The van der Waals surface area contributed by atoms with E-state index in [0.29, 0.717) is 44.6 Å². The number of hydrogen-bond donors (Lipinski definition) is 1. The lowest BCUT2D eigenvalue weighted by Crippen LogP contribution is -2.45. The van der Waals surface area contributed by atoms with Gasteiger partial charge in [0.2, 0.25) is 11.7 Å². The van der Waals surface area contributed by atoms with E-state index in [1.807, 2.05) is 12.1 Å². The van der Waals surface area contributed by atoms with Gasteiger partial charge in [-0.05, 0) is 71.0 Å². The summed E-state index contributed by atoms with van der Waals surface area (Å²) < 4.78 is 17.2. The van der Waals surface area contributed by atoms with Crippen molar-refractivity contribution >= 4 is 45.6 Å². The smallest absolute Gasteiger partial charge is 0.229 e. The molecule has 0 radical (unpaired) electrons. The van der Waals surface area contributed by atoms with Gasteiger partial charge >= 0.3 is 0 Å². The SMILES string of the molecule is COc1cc2c(Nc3ccc(Cl)c(Cl)c3)ncnc2cc1OCc1noc(C2CCN(C(C)(C)C)CC2)n1. The molecule has 1 aliphatic heterocycles. The molecule has 1 fully saturated rings. The summed E-state index contributed by atoms with van der Waals surface area (Å²) in [6.07, 6.45) is 3.47. The second-order valence-corrected chi connectivity index (χ2v) is 11.1. The number of rotatable bonds is 7. The fourth-order valence-corrected chi connectivity index (χ4v) is 4.88. The summed E-state index contributed by atoms with van der Waals surface area (Å²) in [7, 11) is 1.58. The van der Waals surface area contributed by atoms with Crippen molar-refractivity contribution in [1.29, 1.82) is 0 Å². The lowest BCUT2D eigenvalue weighted by atomic mass is 9.93. The van der Waals surface area contributed by atoms with Crippen LogP contribution in [0.25, 0.3) is 10.9 Å². The van der Waals surface area contributed by atoms with Gasteiger partial charge in [0, 0.05) is 28.6 Å². The molecule has 5 rings (SSSR count). The number of likely N-dealkylation sites (tertiary alicyclic amines) is 1.